The molecule has 4 N–H and O–H groups in total. The van der Waals surface area contributed by atoms with E-state index in [2.05, 4.69) is 21.3 Å². The summed E-state index contributed by atoms with van der Waals surface area (Å²) in [5.41, 5.74) is 1.07. The number of hydrogen-bond donors (Lipinski definition) is 4. The van der Waals surface area contributed by atoms with Crippen molar-refractivity contribution in [2.75, 3.05) is 37.4 Å². The summed E-state index contributed by atoms with van der Waals surface area (Å²) >= 11 is 0. The van der Waals surface area contributed by atoms with E-state index in [-0.39, 0.29) is 24.1 Å². The lowest BCUT2D eigenvalue weighted by molar-refractivity contribution is -0.130. The van der Waals surface area contributed by atoms with Crippen LogP contribution in [0.1, 0.15) is 6.92 Å². The lowest BCUT2D eigenvalue weighted by Gasteiger charge is -2.38. The average molecular weight is 292 g/mol. The standard InChI is InChI=1S/C14H20N4O3/c1-14(8-16-9-14)21-7-12(19)17-10-3-5-11(6-4-10)18-13(20)15-2/h3-6,16H,7-9H2,1-2H3,(H,17,19)(H2,15,18,20). The highest BCUT2D eigenvalue weighted by Crippen LogP contribution is 2.16. The van der Waals surface area contributed by atoms with Gasteiger partial charge in [0.05, 0.1) is 5.60 Å². The normalized spacial score (nSPS) is 15.7. The van der Waals surface area contributed by atoms with Crippen LogP contribution in [0.4, 0.5) is 16.2 Å². The Morgan fingerprint density at radius 1 is 1.19 bits per heavy atom. The first-order valence-electron chi connectivity index (χ1n) is 6.74. The molecule has 0 saturated carbocycles. The van der Waals surface area contributed by atoms with Gasteiger partial charge in [-0.15, -0.1) is 0 Å². The maximum absolute atomic E-state index is 11.8. The van der Waals surface area contributed by atoms with Gasteiger partial charge in [0, 0.05) is 31.5 Å². The van der Waals surface area contributed by atoms with Gasteiger partial charge in [0.25, 0.3) is 0 Å². The summed E-state index contributed by atoms with van der Waals surface area (Å²) in [6.45, 7) is 3.52. The van der Waals surface area contributed by atoms with Crippen molar-refractivity contribution in [3.63, 3.8) is 0 Å². The fourth-order valence-electron chi connectivity index (χ4n) is 1.85. The highest BCUT2D eigenvalue weighted by molar-refractivity contribution is 5.93. The molecule has 0 radical (unpaired) electrons. The molecular weight excluding hydrogens is 272 g/mol. The molecule has 1 aliphatic rings. The average Bonchev–Trinajstić information content (AvgIpc) is 2.45. The largest absolute Gasteiger partial charge is 0.363 e. The molecule has 1 fully saturated rings. The molecule has 1 heterocycles. The topological polar surface area (TPSA) is 91.5 Å². The summed E-state index contributed by atoms with van der Waals surface area (Å²) in [6, 6.07) is 6.57. The summed E-state index contributed by atoms with van der Waals surface area (Å²) in [6.07, 6.45) is 0. The molecule has 0 aliphatic carbocycles. The van der Waals surface area contributed by atoms with Crippen LogP contribution >= 0.6 is 0 Å². The van der Waals surface area contributed by atoms with Crippen LogP contribution in [0.2, 0.25) is 0 Å². The van der Waals surface area contributed by atoms with Crippen molar-refractivity contribution in [3.8, 4) is 0 Å². The van der Waals surface area contributed by atoms with Crippen molar-refractivity contribution in [2.45, 2.75) is 12.5 Å². The Labute approximate surface area is 123 Å². The van der Waals surface area contributed by atoms with Crippen molar-refractivity contribution in [1.82, 2.24) is 10.6 Å². The Morgan fingerprint density at radius 2 is 1.76 bits per heavy atom. The van der Waals surface area contributed by atoms with E-state index in [4.69, 9.17) is 4.74 Å². The number of hydrogen-bond acceptors (Lipinski definition) is 4. The van der Waals surface area contributed by atoms with Crippen LogP contribution in [0.5, 0.6) is 0 Å². The van der Waals surface area contributed by atoms with Crippen molar-refractivity contribution in [1.29, 1.82) is 0 Å². The number of benzene rings is 1. The summed E-state index contributed by atoms with van der Waals surface area (Å²) in [4.78, 5) is 22.9. The van der Waals surface area contributed by atoms with Crippen LogP contribution in [0.15, 0.2) is 24.3 Å². The molecule has 114 valence electrons. The van der Waals surface area contributed by atoms with Gasteiger partial charge in [0.15, 0.2) is 0 Å². The molecule has 21 heavy (non-hydrogen) atoms. The van der Waals surface area contributed by atoms with Crippen molar-refractivity contribution in [3.05, 3.63) is 24.3 Å². The fourth-order valence-corrected chi connectivity index (χ4v) is 1.85. The van der Waals surface area contributed by atoms with Crippen LogP contribution in [0, 0.1) is 0 Å². The summed E-state index contributed by atoms with van der Waals surface area (Å²) in [5, 5.41) is 10.9. The Kier molecular flexibility index (Phi) is 4.77. The Bertz CT molecular complexity index is 511. The summed E-state index contributed by atoms with van der Waals surface area (Å²) < 4.78 is 5.55. The van der Waals surface area contributed by atoms with E-state index in [0.29, 0.717) is 11.4 Å². The minimum absolute atomic E-state index is 0.0242. The molecule has 7 nitrogen and oxygen atoms in total. The number of anilines is 2. The molecule has 0 bridgehead atoms. The van der Waals surface area contributed by atoms with Crippen LogP contribution in [0.3, 0.4) is 0 Å². The number of carbonyl (C=O) groups excluding carboxylic acids is 2. The number of carbonyl (C=O) groups is 2. The van der Waals surface area contributed by atoms with E-state index in [1.807, 2.05) is 6.92 Å². The van der Waals surface area contributed by atoms with E-state index in [1.54, 1.807) is 31.3 Å². The Hall–Kier alpha value is -2.12. The first-order valence-corrected chi connectivity index (χ1v) is 6.74. The van der Waals surface area contributed by atoms with E-state index in [0.717, 1.165) is 13.1 Å². The lowest BCUT2D eigenvalue weighted by Crippen LogP contribution is -2.59. The summed E-state index contributed by atoms with van der Waals surface area (Å²) in [5.74, 6) is -0.199. The number of nitrogens with one attached hydrogen (secondary N) is 4. The molecule has 0 aromatic heterocycles. The zero-order valence-electron chi connectivity index (χ0n) is 12.2. The highest BCUT2D eigenvalue weighted by Gasteiger charge is 2.32. The van der Waals surface area contributed by atoms with E-state index in [1.165, 1.54) is 0 Å². The van der Waals surface area contributed by atoms with E-state index >= 15 is 0 Å². The van der Waals surface area contributed by atoms with Gasteiger partial charge in [-0.2, -0.15) is 0 Å². The first kappa shape index (κ1) is 15.3. The molecule has 0 unspecified atom stereocenters. The second-order valence-electron chi connectivity index (χ2n) is 5.17. The van der Waals surface area contributed by atoms with Gasteiger partial charge in [0.2, 0.25) is 5.91 Å². The molecule has 1 saturated heterocycles. The number of ether oxygens (including phenoxy) is 1. The molecule has 0 atom stereocenters. The van der Waals surface area contributed by atoms with Gasteiger partial charge >= 0.3 is 6.03 Å². The van der Waals surface area contributed by atoms with Crippen LogP contribution in [0.25, 0.3) is 0 Å². The third-order valence-electron chi connectivity index (χ3n) is 3.20. The minimum Gasteiger partial charge on any atom is -0.363 e. The monoisotopic (exact) mass is 292 g/mol. The number of urea groups is 1. The SMILES string of the molecule is CNC(=O)Nc1ccc(NC(=O)COC2(C)CNC2)cc1. The molecule has 2 rings (SSSR count). The second kappa shape index (κ2) is 6.55. The third-order valence-corrected chi connectivity index (χ3v) is 3.20. The van der Waals surface area contributed by atoms with E-state index < -0.39 is 0 Å². The molecule has 1 aromatic carbocycles. The third kappa shape index (κ3) is 4.44. The van der Waals surface area contributed by atoms with E-state index in [9.17, 15) is 9.59 Å². The zero-order valence-corrected chi connectivity index (χ0v) is 12.2. The molecule has 0 spiro atoms. The van der Waals surface area contributed by atoms with Gasteiger partial charge in [-0.1, -0.05) is 0 Å². The maximum atomic E-state index is 11.8. The molecule has 1 aliphatic heterocycles. The number of rotatable bonds is 5. The second-order valence-corrected chi connectivity index (χ2v) is 5.17. The van der Waals surface area contributed by atoms with Gasteiger partial charge < -0.3 is 26.0 Å². The molecule has 7 heteroatoms. The lowest BCUT2D eigenvalue weighted by atomic mass is 10.0. The van der Waals surface area contributed by atoms with Gasteiger partial charge in [-0.25, -0.2) is 4.79 Å². The predicted molar refractivity (Wildman–Crippen MR) is 80.4 cm³/mol. The van der Waals surface area contributed by atoms with Gasteiger partial charge in [-0.3, -0.25) is 4.79 Å². The zero-order chi connectivity index (χ0) is 15.3. The molecular formula is C14H20N4O3. The Balaban J connectivity index is 1.79. The van der Waals surface area contributed by atoms with Gasteiger partial charge in [0.1, 0.15) is 6.61 Å². The molecule has 3 amide bonds. The fraction of sp³-hybridized carbons (Fsp3) is 0.429. The minimum atomic E-state index is -0.289. The quantitative estimate of drug-likeness (QED) is 0.644. The Morgan fingerprint density at radius 3 is 2.24 bits per heavy atom. The summed E-state index contributed by atoms with van der Waals surface area (Å²) in [7, 11) is 1.54. The molecule has 1 aromatic rings. The van der Waals surface area contributed by atoms with Crippen molar-refractivity contribution >= 4 is 23.3 Å². The van der Waals surface area contributed by atoms with Gasteiger partial charge in [-0.05, 0) is 31.2 Å². The number of amides is 3. The van der Waals surface area contributed by atoms with Crippen molar-refractivity contribution in [2.24, 2.45) is 0 Å². The van der Waals surface area contributed by atoms with Crippen molar-refractivity contribution < 1.29 is 14.3 Å². The highest BCUT2D eigenvalue weighted by atomic mass is 16.5. The van der Waals surface area contributed by atoms with Crippen LogP contribution in [-0.4, -0.2) is 44.3 Å². The maximum Gasteiger partial charge on any atom is 0.318 e. The smallest absolute Gasteiger partial charge is 0.318 e. The van der Waals surface area contributed by atoms with Crippen LogP contribution in [-0.2, 0) is 9.53 Å². The first-order chi connectivity index (χ1) is 10.0. The van der Waals surface area contributed by atoms with Crippen LogP contribution < -0.4 is 21.3 Å². The predicted octanol–water partition coefficient (Wildman–Crippen LogP) is 0.755.